The number of urea groups is 1. The van der Waals surface area contributed by atoms with Gasteiger partial charge in [-0.05, 0) is 32.1 Å². The maximum Gasteiger partial charge on any atom is 0.317 e. The zero-order valence-corrected chi connectivity index (χ0v) is 12.3. The third kappa shape index (κ3) is 4.47. The van der Waals surface area contributed by atoms with Crippen LogP contribution in [-0.4, -0.2) is 45.3 Å². The van der Waals surface area contributed by atoms with E-state index in [9.17, 15) is 9.59 Å². The number of hydrogen-bond acceptors (Lipinski definition) is 3. The van der Waals surface area contributed by atoms with E-state index in [1.165, 1.54) is 0 Å². The van der Waals surface area contributed by atoms with Crippen molar-refractivity contribution in [1.82, 2.24) is 20.4 Å². The van der Waals surface area contributed by atoms with Crippen molar-refractivity contribution in [2.24, 2.45) is 5.92 Å². The topological polar surface area (TPSA) is 98.3 Å². The molecule has 116 valence electrons. The van der Waals surface area contributed by atoms with Crippen molar-refractivity contribution >= 4 is 12.0 Å². The van der Waals surface area contributed by atoms with Crippen LogP contribution in [0.25, 0.3) is 0 Å². The lowest BCUT2D eigenvalue weighted by Crippen LogP contribution is -2.45. The lowest BCUT2D eigenvalue weighted by atomic mass is 9.93. The summed E-state index contributed by atoms with van der Waals surface area (Å²) in [7, 11) is 0. The van der Waals surface area contributed by atoms with Crippen molar-refractivity contribution < 1.29 is 14.7 Å². The van der Waals surface area contributed by atoms with E-state index in [-0.39, 0.29) is 18.4 Å². The number of aromatic nitrogens is 2. The smallest absolute Gasteiger partial charge is 0.317 e. The average Bonchev–Trinajstić information content (AvgIpc) is 2.88. The first-order valence-electron chi connectivity index (χ1n) is 7.29. The summed E-state index contributed by atoms with van der Waals surface area (Å²) in [5, 5.41) is 18.4. The predicted molar refractivity (Wildman–Crippen MR) is 76.7 cm³/mol. The second-order valence-electron chi connectivity index (χ2n) is 5.57. The number of carbonyl (C=O) groups excluding carboxylic acids is 1. The third-order valence-electron chi connectivity index (χ3n) is 3.94. The summed E-state index contributed by atoms with van der Waals surface area (Å²) < 4.78 is 0. The molecule has 1 aromatic heterocycles. The van der Waals surface area contributed by atoms with Crippen molar-refractivity contribution in [1.29, 1.82) is 0 Å². The van der Waals surface area contributed by atoms with Crippen LogP contribution in [0.4, 0.5) is 4.79 Å². The number of carbonyl (C=O) groups is 2. The number of nitrogens with one attached hydrogen (secondary N) is 2. The lowest BCUT2D eigenvalue weighted by molar-refractivity contribution is -0.137. The van der Waals surface area contributed by atoms with Crippen LogP contribution in [0.2, 0.25) is 0 Å². The van der Waals surface area contributed by atoms with Gasteiger partial charge in [-0.3, -0.25) is 9.89 Å². The highest BCUT2D eigenvalue weighted by molar-refractivity contribution is 5.74. The molecule has 7 heteroatoms. The Morgan fingerprint density at radius 2 is 2.38 bits per heavy atom. The van der Waals surface area contributed by atoms with Gasteiger partial charge in [0.05, 0.1) is 6.20 Å². The van der Waals surface area contributed by atoms with Gasteiger partial charge in [0, 0.05) is 37.3 Å². The fourth-order valence-electron chi connectivity index (χ4n) is 2.65. The maximum atomic E-state index is 12.2. The average molecular weight is 294 g/mol. The highest BCUT2D eigenvalue weighted by Crippen LogP contribution is 2.21. The zero-order chi connectivity index (χ0) is 15.2. The molecule has 1 atom stereocenters. The Balaban J connectivity index is 1.79. The number of likely N-dealkylation sites (tertiary alicyclic amines) is 1. The van der Waals surface area contributed by atoms with Gasteiger partial charge in [-0.25, -0.2) is 4.79 Å². The molecule has 0 saturated carbocycles. The van der Waals surface area contributed by atoms with E-state index in [4.69, 9.17) is 5.11 Å². The molecule has 3 N–H and O–H groups in total. The number of aliphatic carboxylic acids is 1. The van der Waals surface area contributed by atoms with Crippen LogP contribution >= 0.6 is 0 Å². The van der Waals surface area contributed by atoms with Crippen LogP contribution < -0.4 is 5.32 Å². The number of H-pyrrole nitrogens is 1. The molecular weight excluding hydrogens is 272 g/mol. The molecule has 7 nitrogen and oxygen atoms in total. The normalized spacial score (nSPS) is 18.5. The second kappa shape index (κ2) is 7.10. The summed E-state index contributed by atoms with van der Waals surface area (Å²) >= 11 is 0. The van der Waals surface area contributed by atoms with Gasteiger partial charge >= 0.3 is 12.0 Å². The third-order valence-corrected chi connectivity index (χ3v) is 3.94. The van der Waals surface area contributed by atoms with Gasteiger partial charge < -0.3 is 15.3 Å². The van der Waals surface area contributed by atoms with Gasteiger partial charge in [-0.1, -0.05) is 0 Å². The predicted octanol–water partition coefficient (Wildman–Crippen LogP) is 1.50. The van der Waals surface area contributed by atoms with Crippen molar-refractivity contribution in [2.75, 3.05) is 13.1 Å². The molecule has 1 aromatic rings. The summed E-state index contributed by atoms with van der Waals surface area (Å²) in [6.45, 7) is 3.75. The van der Waals surface area contributed by atoms with E-state index >= 15 is 0 Å². The van der Waals surface area contributed by atoms with Crippen LogP contribution in [0, 0.1) is 12.8 Å². The first kappa shape index (κ1) is 15.3. The minimum Gasteiger partial charge on any atom is -0.481 e. The van der Waals surface area contributed by atoms with Gasteiger partial charge in [0.25, 0.3) is 0 Å². The SMILES string of the molecule is Cc1[nH]ncc1CNC(=O)N1CCCC(CCC(=O)O)C1. The number of aromatic amines is 1. The zero-order valence-electron chi connectivity index (χ0n) is 12.3. The molecule has 2 heterocycles. The summed E-state index contributed by atoms with van der Waals surface area (Å²) in [5.41, 5.74) is 1.93. The standard InChI is InChI=1S/C14H22N4O3/c1-10-12(8-16-17-10)7-15-14(21)18-6-2-3-11(9-18)4-5-13(19)20/h8,11H,2-7,9H2,1H3,(H,15,21)(H,16,17)(H,19,20). The van der Waals surface area contributed by atoms with Crippen molar-refractivity contribution in [3.05, 3.63) is 17.5 Å². The van der Waals surface area contributed by atoms with Gasteiger partial charge in [0.1, 0.15) is 0 Å². The first-order valence-corrected chi connectivity index (χ1v) is 7.29. The molecule has 1 fully saturated rings. The molecule has 2 amide bonds. The van der Waals surface area contributed by atoms with Gasteiger partial charge in [-0.15, -0.1) is 0 Å². The number of carboxylic acids is 1. The highest BCUT2D eigenvalue weighted by Gasteiger charge is 2.23. The van der Waals surface area contributed by atoms with Crippen LogP contribution in [0.1, 0.15) is 36.9 Å². The summed E-state index contributed by atoms with van der Waals surface area (Å²) in [4.78, 5) is 24.6. The van der Waals surface area contributed by atoms with Crippen LogP contribution in [-0.2, 0) is 11.3 Å². The van der Waals surface area contributed by atoms with E-state index in [1.807, 2.05) is 6.92 Å². The molecule has 0 radical (unpaired) electrons. The molecule has 0 aliphatic carbocycles. The molecule has 2 rings (SSSR count). The minimum absolute atomic E-state index is 0.0874. The minimum atomic E-state index is -0.771. The molecule has 0 aromatic carbocycles. The Morgan fingerprint density at radius 1 is 1.57 bits per heavy atom. The highest BCUT2D eigenvalue weighted by atomic mass is 16.4. The molecule has 1 unspecified atom stereocenters. The summed E-state index contributed by atoms with van der Waals surface area (Å²) in [5.74, 6) is -0.483. The Kier molecular flexibility index (Phi) is 5.19. The van der Waals surface area contributed by atoms with Crippen LogP contribution in [0.15, 0.2) is 6.20 Å². The number of aryl methyl sites for hydroxylation is 1. The van der Waals surface area contributed by atoms with E-state index in [1.54, 1.807) is 11.1 Å². The van der Waals surface area contributed by atoms with Crippen molar-refractivity contribution in [2.45, 2.75) is 39.2 Å². The summed E-state index contributed by atoms with van der Waals surface area (Å²) in [6, 6.07) is -0.0874. The number of nitrogens with zero attached hydrogens (tertiary/aromatic N) is 2. The molecule has 21 heavy (non-hydrogen) atoms. The second-order valence-corrected chi connectivity index (χ2v) is 5.57. The van der Waals surface area contributed by atoms with E-state index in [0.29, 0.717) is 19.5 Å². The number of hydrogen-bond donors (Lipinski definition) is 3. The van der Waals surface area contributed by atoms with E-state index in [0.717, 1.165) is 30.6 Å². The quantitative estimate of drug-likeness (QED) is 0.766. The molecule has 1 aliphatic heterocycles. The molecule has 0 bridgehead atoms. The maximum absolute atomic E-state index is 12.2. The molecular formula is C14H22N4O3. The molecule has 1 aliphatic rings. The van der Waals surface area contributed by atoms with Gasteiger partial charge in [-0.2, -0.15) is 5.10 Å². The number of carboxylic acid groups (broad SMARTS) is 1. The Morgan fingerprint density at radius 3 is 3.05 bits per heavy atom. The van der Waals surface area contributed by atoms with Gasteiger partial charge in [0.2, 0.25) is 0 Å². The Hall–Kier alpha value is -2.05. The van der Waals surface area contributed by atoms with Crippen molar-refractivity contribution in [3.63, 3.8) is 0 Å². The molecule has 0 spiro atoms. The fourth-order valence-corrected chi connectivity index (χ4v) is 2.65. The van der Waals surface area contributed by atoms with Gasteiger partial charge in [0.15, 0.2) is 0 Å². The summed E-state index contributed by atoms with van der Waals surface area (Å²) in [6.07, 6.45) is 4.45. The largest absolute Gasteiger partial charge is 0.481 e. The first-order chi connectivity index (χ1) is 10.1. The van der Waals surface area contributed by atoms with Crippen LogP contribution in [0.3, 0.4) is 0 Å². The Bertz CT molecular complexity index is 500. The Labute approximate surface area is 123 Å². The lowest BCUT2D eigenvalue weighted by Gasteiger charge is -2.32. The monoisotopic (exact) mass is 294 g/mol. The number of amides is 2. The van der Waals surface area contributed by atoms with E-state index < -0.39 is 5.97 Å². The van der Waals surface area contributed by atoms with Crippen LogP contribution in [0.5, 0.6) is 0 Å². The number of piperidine rings is 1. The van der Waals surface area contributed by atoms with E-state index in [2.05, 4.69) is 15.5 Å². The molecule has 1 saturated heterocycles. The van der Waals surface area contributed by atoms with Crippen molar-refractivity contribution in [3.8, 4) is 0 Å². The fraction of sp³-hybridized carbons (Fsp3) is 0.643. The number of rotatable bonds is 5.